The van der Waals surface area contributed by atoms with Crippen LogP contribution in [0.2, 0.25) is 0 Å². The zero-order chi connectivity index (χ0) is 18.9. The summed E-state index contributed by atoms with van der Waals surface area (Å²) < 4.78 is 29.1. The average molecular weight is 374 g/mol. The molecule has 1 aliphatic carbocycles. The van der Waals surface area contributed by atoms with Gasteiger partial charge in [-0.1, -0.05) is 6.92 Å². The molecule has 10 nitrogen and oxygen atoms in total. The lowest BCUT2D eigenvalue weighted by molar-refractivity contribution is -0.139. The monoisotopic (exact) mass is 374 g/mol. The van der Waals surface area contributed by atoms with E-state index in [0.717, 1.165) is 15.3 Å². The normalized spacial score (nSPS) is 20.5. The molecule has 1 aliphatic rings. The number of carbonyl (C=O) groups is 1. The first-order valence-electron chi connectivity index (χ1n) is 7.81. The highest BCUT2D eigenvalue weighted by molar-refractivity contribution is 7.89. The maximum atomic E-state index is 12.4. The Kier molecular flexibility index (Phi) is 5.49. The van der Waals surface area contributed by atoms with Gasteiger partial charge in [-0.2, -0.15) is 0 Å². The van der Waals surface area contributed by atoms with Crippen LogP contribution in [0.1, 0.15) is 19.8 Å². The second-order valence-corrected chi connectivity index (χ2v) is 7.83. The zero-order valence-corrected chi connectivity index (χ0v) is 15.1. The second kappa shape index (κ2) is 7.10. The molecule has 0 atom stereocenters. The Labute approximate surface area is 144 Å². The summed E-state index contributed by atoms with van der Waals surface area (Å²) in [6.45, 7) is 2.30. The van der Waals surface area contributed by atoms with Gasteiger partial charge < -0.3 is 9.67 Å². The van der Waals surface area contributed by atoms with E-state index in [4.69, 9.17) is 5.11 Å². The highest BCUT2D eigenvalue weighted by Gasteiger charge is 2.37. The Morgan fingerprint density at radius 3 is 2.48 bits per heavy atom. The number of nitrogens with zero attached hydrogens (tertiary/aromatic N) is 3. The van der Waals surface area contributed by atoms with Gasteiger partial charge in [-0.3, -0.25) is 19.1 Å². The lowest BCUT2D eigenvalue weighted by Gasteiger charge is -2.41. The molecule has 0 bridgehead atoms. The first kappa shape index (κ1) is 19.3. The summed E-state index contributed by atoms with van der Waals surface area (Å²) in [6, 6.07) is -0.392. The average Bonchev–Trinajstić information content (AvgIpc) is 2.49. The predicted molar refractivity (Wildman–Crippen MR) is 88.9 cm³/mol. The van der Waals surface area contributed by atoms with Crippen LogP contribution in [0.3, 0.4) is 0 Å². The van der Waals surface area contributed by atoms with E-state index in [1.54, 1.807) is 4.90 Å². The number of likely N-dealkylation sites (N-methyl/N-ethyl adjacent to an activating group) is 1. The number of sulfonamides is 1. The summed E-state index contributed by atoms with van der Waals surface area (Å²) >= 11 is 0. The molecular formula is C14H22N4O6S. The van der Waals surface area contributed by atoms with Gasteiger partial charge in [0.05, 0.1) is 6.54 Å². The van der Waals surface area contributed by atoms with E-state index in [9.17, 15) is 22.8 Å². The van der Waals surface area contributed by atoms with E-state index in [0.29, 0.717) is 19.4 Å². The maximum absolute atomic E-state index is 12.4. The highest BCUT2D eigenvalue weighted by atomic mass is 32.2. The summed E-state index contributed by atoms with van der Waals surface area (Å²) in [5.74, 6) is -0.931. The third-order valence-corrected chi connectivity index (χ3v) is 5.90. The van der Waals surface area contributed by atoms with Gasteiger partial charge in [-0.05, 0) is 19.4 Å². The number of carboxylic acids is 1. The first-order valence-corrected chi connectivity index (χ1v) is 9.30. The van der Waals surface area contributed by atoms with E-state index in [1.165, 1.54) is 14.1 Å². The van der Waals surface area contributed by atoms with Gasteiger partial charge in [0.25, 0.3) is 5.56 Å². The Hall–Kier alpha value is -1.98. The van der Waals surface area contributed by atoms with E-state index < -0.39 is 32.1 Å². The molecule has 1 heterocycles. The third-order valence-electron chi connectivity index (χ3n) is 4.40. The van der Waals surface area contributed by atoms with E-state index in [-0.39, 0.29) is 18.6 Å². The SMILES string of the molecule is CCN(CC(=O)O)C1CC(NS(=O)(=O)c2cn(C)c(=O)n(C)c2=O)C1. The molecule has 1 saturated carbocycles. The summed E-state index contributed by atoms with van der Waals surface area (Å²) in [6.07, 6.45) is 1.94. The minimum Gasteiger partial charge on any atom is -0.480 e. The number of aromatic nitrogens is 2. The number of hydrogen-bond donors (Lipinski definition) is 2. The van der Waals surface area contributed by atoms with Gasteiger partial charge >= 0.3 is 11.7 Å². The standard InChI is InChI=1S/C14H22N4O6S/c1-4-18(8-12(19)20)10-5-9(6-10)15-25(23,24)11-7-16(2)14(22)17(3)13(11)21/h7,9-10,15H,4-6,8H2,1-3H3,(H,19,20). The maximum Gasteiger partial charge on any atom is 0.330 e. The lowest BCUT2D eigenvalue weighted by Crippen LogP contribution is -2.55. The Morgan fingerprint density at radius 1 is 1.36 bits per heavy atom. The molecular weight excluding hydrogens is 352 g/mol. The topological polar surface area (TPSA) is 131 Å². The summed E-state index contributed by atoms with van der Waals surface area (Å²) in [4.78, 5) is 35.8. The molecule has 0 aliphatic heterocycles. The number of rotatable bonds is 7. The fraction of sp³-hybridized carbons (Fsp3) is 0.643. The van der Waals surface area contributed by atoms with E-state index in [2.05, 4.69) is 4.72 Å². The van der Waals surface area contributed by atoms with Crippen molar-refractivity contribution < 1.29 is 18.3 Å². The predicted octanol–water partition coefficient (Wildman–Crippen LogP) is -1.70. The minimum absolute atomic E-state index is 0.0169. The number of aryl methyl sites for hydroxylation is 1. The molecule has 0 spiro atoms. The zero-order valence-electron chi connectivity index (χ0n) is 14.3. The van der Waals surface area contributed by atoms with Gasteiger partial charge in [-0.25, -0.2) is 17.9 Å². The lowest BCUT2D eigenvalue weighted by atomic mass is 9.86. The molecule has 25 heavy (non-hydrogen) atoms. The first-order chi connectivity index (χ1) is 11.6. The van der Waals surface area contributed by atoms with Crippen molar-refractivity contribution in [2.24, 2.45) is 14.1 Å². The summed E-state index contributed by atoms with van der Waals surface area (Å²) in [5, 5.41) is 8.87. The molecule has 0 aromatic carbocycles. The Balaban J connectivity index is 2.11. The molecule has 2 rings (SSSR count). The molecule has 1 aromatic heterocycles. The van der Waals surface area contributed by atoms with Crippen LogP contribution in [-0.4, -0.2) is 58.7 Å². The summed E-state index contributed by atoms with van der Waals surface area (Å²) in [7, 11) is -1.49. The van der Waals surface area contributed by atoms with Crippen molar-refractivity contribution in [2.75, 3.05) is 13.1 Å². The molecule has 0 unspecified atom stereocenters. The number of nitrogens with one attached hydrogen (secondary N) is 1. The molecule has 2 N–H and O–H groups in total. The Morgan fingerprint density at radius 2 is 1.96 bits per heavy atom. The summed E-state index contributed by atoms with van der Waals surface area (Å²) in [5.41, 5.74) is -1.49. The van der Waals surface area contributed by atoms with E-state index >= 15 is 0 Å². The van der Waals surface area contributed by atoms with Crippen molar-refractivity contribution in [3.05, 3.63) is 27.0 Å². The van der Waals surface area contributed by atoms with Crippen LogP contribution in [0.4, 0.5) is 0 Å². The Bertz CT molecular complexity index is 882. The molecule has 0 amide bonds. The molecule has 11 heteroatoms. The number of aliphatic carboxylic acids is 1. The van der Waals surface area contributed by atoms with Crippen molar-refractivity contribution in [3.63, 3.8) is 0 Å². The van der Waals surface area contributed by atoms with Crippen LogP contribution < -0.4 is 16.0 Å². The molecule has 0 saturated heterocycles. The van der Waals surface area contributed by atoms with Gasteiger partial charge in [0.15, 0.2) is 4.90 Å². The van der Waals surface area contributed by atoms with Gasteiger partial charge in [0.2, 0.25) is 10.0 Å². The molecule has 140 valence electrons. The smallest absolute Gasteiger partial charge is 0.330 e. The van der Waals surface area contributed by atoms with Crippen molar-refractivity contribution in [1.29, 1.82) is 0 Å². The van der Waals surface area contributed by atoms with Crippen LogP contribution in [-0.2, 0) is 28.9 Å². The fourth-order valence-corrected chi connectivity index (χ4v) is 4.32. The molecule has 1 aromatic rings. The molecule has 0 radical (unpaired) electrons. The fourth-order valence-electron chi connectivity index (χ4n) is 2.90. The second-order valence-electron chi connectivity index (χ2n) is 6.15. The molecule has 1 fully saturated rings. The van der Waals surface area contributed by atoms with Crippen LogP contribution >= 0.6 is 0 Å². The van der Waals surface area contributed by atoms with Crippen LogP contribution in [0.25, 0.3) is 0 Å². The van der Waals surface area contributed by atoms with Gasteiger partial charge in [-0.15, -0.1) is 0 Å². The largest absolute Gasteiger partial charge is 0.480 e. The number of hydrogen-bond acceptors (Lipinski definition) is 6. The van der Waals surface area contributed by atoms with Crippen LogP contribution in [0.5, 0.6) is 0 Å². The van der Waals surface area contributed by atoms with Crippen molar-refractivity contribution >= 4 is 16.0 Å². The minimum atomic E-state index is -4.07. The van der Waals surface area contributed by atoms with Gasteiger partial charge in [0, 0.05) is 32.4 Å². The van der Waals surface area contributed by atoms with Crippen molar-refractivity contribution in [3.8, 4) is 0 Å². The van der Waals surface area contributed by atoms with Crippen LogP contribution in [0.15, 0.2) is 20.7 Å². The van der Waals surface area contributed by atoms with Gasteiger partial charge in [0.1, 0.15) is 0 Å². The quantitative estimate of drug-likeness (QED) is 0.582. The van der Waals surface area contributed by atoms with Crippen molar-refractivity contribution in [1.82, 2.24) is 18.8 Å². The highest BCUT2D eigenvalue weighted by Crippen LogP contribution is 2.26. The number of carboxylic acid groups (broad SMARTS) is 1. The van der Waals surface area contributed by atoms with Crippen molar-refractivity contribution in [2.45, 2.75) is 36.7 Å². The third kappa shape index (κ3) is 3.99. The van der Waals surface area contributed by atoms with Crippen LogP contribution in [0, 0.1) is 0 Å². The van der Waals surface area contributed by atoms with E-state index in [1.807, 2.05) is 6.92 Å².